The summed E-state index contributed by atoms with van der Waals surface area (Å²) in [6, 6.07) is 16.9. The number of esters is 1. The molecule has 0 bridgehead atoms. The van der Waals surface area contributed by atoms with Gasteiger partial charge in [-0.05, 0) is 37.0 Å². The molecule has 0 saturated heterocycles. The lowest BCUT2D eigenvalue weighted by Gasteiger charge is -2.34. The molecule has 29 heavy (non-hydrogen) atoms. The lowest BCUT2D eigenvalue weighted by molar-refractivity contribution is -0.148. The first-order valence-electron chi connectivity index (χ1n) is 9.82. The van der Waals surface area contributed by atoms with Crippen LogP contribution in [0.2, 0.25) is 5.02 Å². The molecular formula is C24H22ClNO3. The lowest BCUT2D eigenvalue weighted by Crippen LogP contribution is -2.37. The molecule has 1 unspecified atom stereocenters. The minimum absolute atomic E-state index is 0.0493. The van der Waals surface area contributed by atoms with Crippen molar-refractivity contribution in [3.8, 4) is 0 Å². The van der Waals surface area contributed by atoms with E-state index < -0.39 is 11.8 Å². The fraction of sp³-hybridized carbons (Fsp3) is 0.292. The average Bonchev–Trinajstić information content (AvgIpc) is 2.72. The fourth-order valence-electron chi connectivity index (χ4n) is 4.19. The van der Waals surface area contributed by atoms with Gasteiger partial charge in [-0.1, -0.05) is 60.1 Å². The van der Waals surface area contributed by atoms with E-state index in [0.717, 1.165) is 29.7 Å². The molecule has 4 rings (SSSR count). The summed E-state index contributed by atoms with van der Waals surface area (Å²) in [4.78, 5) is 30.7. The van der Waals surface area contributed by atoms with Crippen LogP contribution in [0, 0.1) is 5.92 Å². The number of carbonyl (C=O) groups excluding carboxylic acids is 2. The van der Waals surface area contributed by atoms with Crippen molar-refractivity contribution in [1.82, 2.24) is 0 Å². The van der Waals surface area contributed by atoms with E-state index in [1.54, 1.807) is 6.07 Å². The molecule has 2 aliphatic rings. The van der Waals surface area contributed by atoms with Gasteiger partial charge in [-0.2, -0.15) is 0 Å². The number of halogens is 1. The molecule has 1 heterocycles. The van der Waals surface area contributed by atoms with Crippen LogP contribution < -0.4 is 0 Å². The number of rotatable bonds is 4. The van der Waals surface area contributed by atoms with Crippen LogP contribution in [0.25, 0.3) is 0 Å². The first kappa shape index (κ1) is 19.6. The molecule has 0 amide bonds. The predicted octanol–water partition coefficient (Wildman–Crippen LogP) is 5.26. The van der Waals surface area contributed by atoms with Crippen LogP contribution in [0.5, 0.6) is 0 Å². The zero-order chi connectivity index (χ0) is 20.4. The maximum atomic E-state index is 13.2. The predicted molar refractivity (Wildman–Crippen MR) is 113 cm³/mol. The molecule has 2 aromatic rings. The Balaban J connectivity index is 1.72. The minimum atomic E-state index is -0.667. The molecule has 0 N–H and O–H groups in total. The van der Waals surface area contributed by atoms with Crippen LogP contribution in [0.1, 0.15) is 43.2 Å². The second-order valence-corrected chi connectivity index (χ2v) is 7.87. The number of carbonyl (C=O) groups is 2. The Hall–Kier alpha value is -2.72. The van der Waals surface area contributed by atoms with Gasteiger partial charge in [0.25, 0.3) is 0 Å². The summed E-state index contributed by atoms with van der Waals surface area (Å²) < 4.78 is 5.65. The molecule has 148 valence electrons. The second kappa shape index (κ2) is 8.34. The highest BCUT2D eigenvalue weighted by atomic mass is 35.5. The maximum absolute atomic E-state index is 13.2. The molecule has 2 atom stereocenters. The smallest absolute Gasteiger partial charge is 0.315 e. The van der Waals surface area contributed by atoms with Crippen molar-refractivity contribution in [1.29, 1.82) is 0 Å². The summed E-state index contributed by atoms with van der Waals surface area (Å²) in [5.41, 5.74) is 3.76. The molecule has 1 aliphatic heterocycles. The Morgan fingerprint density at radius 2 is 1.83 bits per heavy atom. The quantitative estimate of drug-likeness (QED) is 0.649. The van der Waals surface area contributed by atoms with E-state index in [-0.39, 0.29) is 18.4 Å². The minimum Gasteiger partial charge on any atom is -0.460 e. The lowest BCUT2D eigenvalue weighted by atomic mass is 9.72. The highest BCUT2D eigenvalue weighted by Crippen LogP contribution is 2.45. The average molecular weight is 408 g/mol. The molecular weight excluding hydrogens is 386 g/mol. The van der Waals surface area contributed by atoms with E-state index in [0.29, 0.717) is 22.7 Å². The maximum Gasteiger partial charge on any atom is 0.315 e. The number of benzene rings is 2. The molecule has 2 aromatic carbocycles. The number of aliphatic imine (C=N–C) groups is 1. The molecule has 1 aliphatic carbocycles. The zero-order valence-electron chi connectivity index (χ0n) is 16.2. The summed E-state index contributed by atoms with van der Waals surface area (Å²) in [6.07, 6.45) is 2.00. The Kier molecular flexibility index (Phi) is 5.63. The van der Waals surface area contributed by atoms with Gasteiger partial charge in [-0.3, -0.25) is 14.6 Å². The summed E-state index contributed by atoms with van der Waals surface area (Å²) in [6.45, 7) is 2.01. The SMILES string of the molecule is CC1=NC2=C(C(=O)CCC2)[C@H](c2ccccc2Cl)C1C(=O)OCc1ccccc1. The highest BCUT2D eigenvalue weighted by Gasteiger charge is 2.43. The Morgan fingerprint density at radius 1 is 1.10 bits per heavy atom. The number of hydrogen-bond donors (Lipinski definition) is 0. The first-order valence-corrected chi connectivity index (χ1v) is 10.2. The van der Waals surface area contributed by atoms with E-state index in [1.165, 1.54) is 0 Å². The van der Waals surface area contributed by atoms with Gasteiger partial charge in [-0.25, -0.2) is 0 Å². The van der Waals surface area contributed by atoms with Gasteiger partial charge in [-0.15, -0.1) is 0 Å². The Labute approximate surface area is 175 Å². The van der Waals surface area contributed by atoms with Gasteiger partial charge in [0.2, 0.25) is 0 Å². The van der Waals surface area contributed by atoms with Crippen LogP contribution in [0.4, 0.5) is 0 Å². The van der Waals surface area contributed by atoms with Gasteiger partial charge in [0.05, 0.1) is 0 Å². The van der Waals surface area contributed by atoms with E-state index in [1.807, 2.05) is 55.5 Å². The molecule has 4 nitrogen and oxygen atoms in total. The third-order valence-corrected chi connectivity index (χ3v) is 5.90. The van der Waals surface area contributed by atoms with Crippen molar-refractivity contribution in [3.63, 3.8) is 0 Å². The molecule has 0 radical (unpaired) electrons. The highest BCUT2D eigenvalue weighted by molar-refractivity contribution is 6.31. The van der Waals surface area contributed by atoms with Crippen molar-refractivity contribution in [3.05, 3.63) is 82.0 Å². The largest absolute Gasteiger partial charge is 0.460 e. The van der Waals surface area contributed by atoms with Gasteiger partial charge in [0, 0.05) is 34.3 Å². The normalized spacial score (nSPS) is 21.4. The van der Waals surface area contributed by atoms with Gasteiger partial charge in [0.15, 0.2) is 5.78 Å². The number of Topliss-reactive ketones (excluding diaryl/α,β-unsaturated/α-hetero) is 1. The zero-order valence-corrected chi connectivity index (χ0v) is 17.0. The van der Waals surface area contributed by atoms with Crippen molar-refractivity contribution in [2.75, 3.05) is 0 Å². The van der Waals surface area contributed by atoms with Crippen LogP contribution in [-0.4, -0.2) is 17.5 Å². The van der Waals surface area contributed by atoms with Crippen molar-refractivity contribution in [2.24, 2.45) is 10.9 Å². The molecule has 0 spiro atoms. The molecule has 0 saturated carbocycles. The Morgan fingerprint density at radius 3 is 2.59 bits per heavy atom. The molecule has 5 heteroatoms. The summed E-state index contributed by atoms with van der Waals surface area (Å²) >= 11 is 6.50. The van der Waals surface area contributed by atoms with Crippen LogP contribution in [0.3, 0.4) is 0 Å². The van der Waals surface area contributed by atoms with Gasteiger partial charge >= 0.3 is 5.97 Å². The third-order valence-electron chi connectivity index (χ3n) is 5.55. The first-order chi connectivity index (χ1) is 14.1. The fourth-order valence-corrected chi connectivity index (χ4v) is 4.45. The molecule has 0 aromatic heterocycles. The number of hydrogen-bond acceptors (Lipinski definition) is 4. The Bertz CT molecular complexity index is 1010. The summed E-state index contributed by atoms with van der Waals surface area (Å²) in [5.74, 6) is -1.47. The summed E-state index contributed by atoms with van der Waals surface area (Å²) in [5, 5.41) is 0.540. The van der Waals surface area contributed by atoms with E-state index >= 15 is 0 Å². The monoisotopic (exact) mass is 407 g/mol. The standard InChI is InChI=1S/C24H22ClNO3/c1-15-21(24(28)29-14-16-8-3-2-4-9-16)22(17-10-5-6-11-18(17)25)23-19(26-15)12-7-13-20(23)27/h2-6,8-11,21-22H,7,12-14H2,1H3/t21?,22-/m1/s1. The van der Waals surface area contributed by atoms with Crippen LogP contribution in [-0.2, 0) is 20.9 Å². The van der Waals surface area contributed by atoms with Crippen LogP contribution in [0.15, 0.2) is 70.9 Å². The second-order valence-electron chi connectivity index (χ2n) is 7.46. The van der Waals surface area contributed by atoms with Gasteiger partial charge < -0.3 is 4.74 Å². The van der Waals surface area contributed by atoms with Crippen molar-refractivity contribution in [2.45, 2.75) is 38.7 Å². The van der Waals surface area contributed by atoms with Gasteiger partial charge in [0.1, 0.15) is 12.5 Å². The summed E-state index contributed by atoms with van der Waals surface area (Å²) in [7, 11) is 0. The molecule has 0 fully saturated rings. The van der Waals surface area contributed by atoms with E-state index in [2.05, 4.69) is 4.99 Å². The van der Waals surface area contributed by atoms with Crippen molar-refractivity contribution < 1.29 is 14.3 Å². The van der Waals surface area contributed by atoms with E-state index in [9.17, 15) is 9.59 Å². The third kappa shape index (κ3) is 3.90. The number of allylic oxidation sites excluding steroid dienone is 2. The topological polar surface area (TPSA) is 55.7 Å². The number of ketones is 1. The number of nitrogens with zero attached hydrogens (tertiary/aromatic N) is 1. The van der Waals surface area contributed by atoms with E-state index in [4.69, 9.17) is 16.3 Å². The van der Waals surface area contributed by atoms with Crippen molar-refractivity contribution >= 4 is 29.1 Å². The number of ether oxygens (including phenoxy) is 1. The van der Waals surface area contributed by atoms with Crippen LogP contribution >= 0.6 is 11.6 Å².